The lowest BCUT2D eigenvalue weighted by atomic mass is 10.2. The topological polar surface area (TPSA) is 45.5 Å². The zero-order valence-electron chi connectivity index (χ0n) is 11.5. The summed E-state index contributed by atoms with van der Waals surface area (Å²) >= 11 is 0. The van der Waals surface area contributed by atoms with E-state index in [0.717, 1.165) is 25.4 Å². The van der Waals surface area contributed by atoms with Crippen LogP contribution in [0.2, 0.25) is 0 Å². The standard InChI is InChI=1S/C15H20N2O2/c1-12-10-17(11-13(2)19-12)6-7-18-15-5-3-4-14(8-15)9-16/h3-5,8,12-13H,6-7,10-11H2,1-2H3/t12-,13+. The zero-order chi connectivity index (χ0) is 13.7. The van der Waals surface area contributed by atoms with E-state index in [4.69, 9.17) is 14.7 Å². The number of morpholine rings is 1. The molecule has 1 saturated heterocycles. The van der Waals surface area contributed by atoms with Crippen LogP contribution in [0, 0.1) is 11.3 Å². The lowest BCUT2D eigenvalue weighted by molar-refractivity contribution is -0.0699. The Labute approximate surface area is 114 Å². The molecule has 1 heterocycles. The molecular formula is C15H20N2O2. The van der Waals surface area contributed by atoms with Gasteiger partial charge in [0.25, 0.3) is 0 Å². The number of hydrogen-bond donors (Lipinski definition) is 0. The van der Waals surface area contributed by atoms with Crippen LogP contribution in [0.25, 0.3) is 0 Å². The Hall–Kier alpha value is -1.57. The third-order valence-electron chi connectivity index (χ3n) is 3.13. The molecule has 19 heavy (non-hydrogen) atoms. The van der Waals surface area contributed by atoms with Gasteiger partial charge in [-0.05, 0) is 32.0 Å². The summed E-state index contributed by atoms with van der Waals surface area (Å²) in [4.78, 5) is 2.35. The second-order valence-electron chi connectivity index (χ2n) is 5.00. The van der Waals surface area contributed by atoms with Gasteiger partial charge in [0.1, 0.15) is 12.4 Å². The molecule has 0 N–H and O–H groups in total. The summed E-state index contributed by atoms with van der Waals surface area (Å²) in [6.07, 6.45) is 0.566. The molecule has 0 aromatic heterocycles. The summed E-state index contributed by atoms with van der Waals surface area (Å²) < 4.78 is 11.4. The molecule has 102 valence electrons. The predicted octanol–water partition coefficient (Wildman–Crippen LogP) is 2.05. The van der Waals surface area contributed by atoms with Crippen molar-refractivity contribution in [2.24, 2.45) is 0 Å². The summed E-state index contributed by atoms with van der Waals surface area (Å²) in [6, 6.07) is 9.38. The normalized spacial score (nSPS) is 23.8. The van der Waals surface area contributed by atoms with Crippen LogP contribution >= 0.6 is 0 Å². The van der Waals surface area contributed by atoms with Crippen LogP contribution in [0.4, 0.5) is 0 Å². The van der Waals surface area contributed by atoms with E-state index in [1.807, 2.05) is 12.1 Å². The minimum atomic E-state index is 0.283. The van der Waals surface area contributed by atoms with Crippen LogP contribution in [-0.2, 0) is 4.74 Å². The highest BCUT2D eigenvalue weighted by atomic mass is 16.5. The first kappa shape index (κ1) is 13.9. The van der Waals surface area contributed by atoms with Crippen LogP contribution in [0.1, 0.15) is 19.4 Å². The lowest BCUT2D eigenvalue weighted by Crippen LogP contribution is -2.46. The summed E-state index contributed by atoms with van der Waals surface area (Å²) in [5, 5.41) is 8.82. The van der Waals surface area contributed by atoms with Crippen molar-refractivity contribution in [3.8, 4) is 11.8 Å². The fraction of sp³-hybridized carbons (Fsp3) is 0.533. The van der Waals surface area contributed by atoms with Crippen LogP contribution < -0.4 is 4.74 Å². The Bertz CT molecular complexity index is 446. The Balaban J connectivity index is 1.78. The fourth-order valence-corrected chi connectivity index (χ4v) is 2.41. The van der Waals surface area contributed by atoms with Crippen molar-refractivity contribution in [3.05, 3.63) is 29.8 Å². The van der Waals surface area contributed by atoms with Gasteiger partial charge in [-0.25, -0.2) is 0 Å². The van der Waals surface area contributed by atoms with Crippen molar-refractivity contribution >= 4 is 0 Å². The van der Waals surface area contributed by atoms with Gasteiger partial charge in [0, 0.05) is 19.6 Å². The van der Waals surface area contributed by atoms with E-state index in [9.17, 15) is 0 Å². The van der Waals surface area contributed by atoms with E-state index >= 15 is 0 Å². The van der Waals surface area contributed by atoms with Crippen LogP contribution in [0.15, 0.2) is 24.3 Å². The molecule has 0 unspecified atom stereocenters. The highest BCUT2D eigenvalue weighted by molar-refractivity contribution is 5.36. The highest BCUT2D eigenvalue weighted by Gasteiger charge is 2.21. The largest absolute Gasteiger partial charge is 0.492 e. The first-order chi connectivity index (χ1) is 9.17. The molecule has 4 nitrogen and oxygen atoms in total. The van der Waals surface area contributed by atoms with Gasteiger partial charge in [0.2, 0.25) is 0 Å². The van der Waals surface area contributed by atoms with Gasteiger partial charge in [0.05, 0.1) is 23.8 Å². The number of ether oxygens (including phenoxy) is 2. The third kappa shape index (κ3) is 4.23. The third-order valence-corrected chi connectivity index (χ3v) is 3.13. The average molecular weight is 260 g/mol. The zero-order valence-corrected chi connectivity index (χ0v) is 11.5. The Morgan fingerprint density at radius 1 is 1.37 bits per heavy atom. The van der Waals surface area contributed by atoms with E-state index < -0.39 is 0 Å². The second kappa shape index (κ2) is 6.55. The van der Waals surface area contributed by atoms with Crippen LogP contribution in [0.5, 0.6) is 5.75 Å². The molecule has 1 aliphatic rings. The van der Waals surface area contributed by atoms with Crippen molar-refractivity contribution in [1.82, 2.24) is 4.90 Å². The van der Waals surface area contributed by atoms with E-state index in [1.54, 1.807) is 12.1 Å². The fourth-order valence-electron chi connectivity index (χ4n) is 2.41. The van der Waals surface area contributed by atoms with Crippen LogP contribution in [-0.4, -0.2) is 43.3 Å². The summed E-state index contributed by atoms with van der Waals surface area (Å²) in [7, 11) is 0. The van der Waals surface area contributed by atoms with E-state index in [-0.39, 0.29) is 12.2 Å². The Morgan fingerprint density at radius 2 is 2.11 bits per heavy atom. The maximum Gasteiger partial charge on any atom is 0.120 e. The molecule has 2 rings (SSSR count). The first-order valence-electron chi connectivity index (χ1n) is 6.68. The van der Waals surface area contributed by atoms with Gasteiger partial charge < -0.3 is 9.47 Å². The van der Waals surface area contributed by atoms with Crippen molar-refractivity contribution in [3.63, 3.8) is 0 Å². The van der Waals surface area contributed by atoms with E-state index in [2.05, 4.69) is 24.8 Å². The van der Waals surface area contributed by atoms with Crippen molar-refractivity contribution in [2.75, 3.05) is 26.2 Å². The molecule has 2 atom stereocenters. The molecule has 1 aliphatic heterocycles. The monoisotopic (exact) mass is 260 g/mol. The number of benzene rings is 1. The SMILES string of the molecule is C[C@@H]1CN(CCOc2cccc(C#N)c2)C[C@H](C)O1. The molecule has 4 heteroatoms. The minimum absolute atomic E-state index is 0.283. The molecule has 1 aromatic carbocycles. The Kier molecular flexibility index (Phi) is 4.78. The van der Waals surface area contributed by atoms with Gasteiger partial charge >= 0.3 is 0 Å². The van der Waals surface area contributed by atoms with Crippen molar-refractivity contribution in [1.29, 1.82) is 5.26 Å². The van der Waals surface area contributed by atoms with Crippen LogP contribution in [0.3, 0.4) is 0 Å². The predicted molar refractivity (Wildman–Crippen MR) is 73.1 cm³/mol. The summed E-state index contributed by atoms with van der Waals surface area (Å²) in [6.45, 7) is 7.61. The van der Waals surface area contributed by atoms with Gasteiger partial charge in [-0.15, -0.1) is 0 Å². The molecule has 1 aromatic rings. The van der Waals surface area contributed by atoms with Gasteiger partial charge in [-0.3, -0.25) is 4.90 Å². The quantitative estimate of drug-likeness (QED) is 0.831. The van der Waals surface area contributed by atoms with E-state index in [1.165, 1.54) is 0 Å². The first-order valence-corrected chi connectivity index (χ1v) is 6.68. The maximum absolute atomic E-state index is 8.82. The Morgan fingerprint density at radius 3 is 2.79 bits per heavy atom. The number of nitrogens with zero attached hydrogens (tertiary/aromatic N) is 2. The minimum Gasteiger partial charge on any atom is -0.492 e. The van der Waals surface area contributed by atoms with Crippen molar-refractivity contribution in [2.45, 2.75) is 26.1 Å². The molecule has 0 bridgehead atoms. The number of nitriles is 1. The summed E-state index contributed by atoms with van der Waals surface area (Å²) in [5.74, 6) is 0.758. The van der Waals surface area contributed by atoms with Gasteiger partial charge in [-0.2, -0.15) is 5.26 Å². The average Bonchev–Trinajstić information content (AvgIpc) is 2.38. The summed E-state index contributed by atoms with van der Waals surface area (Å²) in [5.41, 5.74) is 0.631. The molecule has 0 amide bonds. The molecule has 0 aliphatic carbocycles. The van der Waals surface area contributed by atoms with Gasteiger partial charge in [0.15, 0.2) is 0 Å². The number of rotatable bonds is 4. The second-order valence-corrected chi connectivity index (χ2v) is 5.00. The highest BCUT2D eigenvalue weighted by Crippen LogP contribution is 2.13. The molecule has 0 radical (unpaired) electrons. The molecule has 0 spiro atoms. The molecule has 1 fully saturated rings. The smallest absolute Gasteiger partial charge is 0.120 e. The maximum atomic E-state index is 8.82. The molecular weight excluding hydrogens is 240 g/mol. The van der Waals surface area contributed by atoms with Gasteiger partial charge in [-0.1, -0.05) is 6.07 Å². The lowest BCUT2D eigenvalue weighted by Gasteiger charge is -2.35. The molecule has 0 saturated carbocycles. The van der Waals surface area contributed by atoms with Crippen molar-refractivity contribution < 1.29 is 9.47 Å². The van der Waals surface area contributed by atoms with E-state index in [0.29, 0.717) is 12.2 Å². The number of hydrogen-bond acceptors (Lipinski definition) is 4.